The summed E-state index contributed by atoms with van der Waals surface area (Å²) in [6, 6.07) is 15.6. The van der Waals surface area contributed by atoms with Crippen LogP contribution >= 0.6 is 23.4 Å². The van der Waals surface area contributed by atoms with Gasteiger partial charge in [0.15, 0.2) is 15.0 Å². The molecule has 6 nitrogen and oxygen atoms in total. The van der Waals surface area contributed by atoms with E-state index in [0.29, 0.717) is 18.0 Å². The summed E-state index contributed by atoms with van der Waals surface area (Å²) in [7, 11) is -3.08. The van der Waals surface area contributed by atoms with Crippen molar-refractivity contribution in [1.29, 1.82) is 0 Å². The van der Waals surface area contributed by atoms with Crippen LogP contribution in [-0.2, 0) is 21.2 Å². The Morgan fingerprint density at radius 1 is 1.27 bits per heavy atom. The van der Waals surface area contributed by atoms with Crippen molar-refractivity contribution in [2.24, 2.45) is 0 Å². The zero-order valence-electron chi connectivity index (χ0n) is 16.5. The van der Waals surface area contributed by atoms with Gasteiger partial charge in [0.05, 0.1) is 40.4 Å². The Morgan fingerprint density at radius 2 is 2.03 bits per heavy atom. The molecule has 0 aliphatic carbocycles. The standard InChI is InChI=1S/C21H22ClN3O3S2/c1-21(9-10-30(27,28)14-21)24-19(26)13-29-20-23-17-11-16(22)7-8-18(17)25(20)12-15-5-3-2-4-6-15/h2-8,11H,9-10,12-14H2,1H3,(H,24,26). The fourth-order valence-electron chi connectivity index (χ4n) is 3.72. The average molecular weight is 464 g/mol. The minimum Gasteiger partial charge on any atom is -0.349 e. The zero-order chi connectivity index (χ0) is 21.4. The first-order valence-electron chi connectivity index (χ1n) is 9.57. The summed E-state index contributed by atoms with van der Waals surface area (Å²) in [5.41, 5.74) is 2.14. The molecule has 0 radical (unpaired) electrons. The molecule has 158 valence electrons. The van der Waals surface area contributed by atoms with E-state index in [0.717, 1.165) is 21.8 Å². The quantitative estimate of drug-likeness (QED) is 0.565. The van der Waals surface area contributed by atoms with Gasteiger partial charge in [0.2, 0.25) is 5.91 Å². The second-order valence-electron chi connectivity index (χ2n) is 7.84. The molecule has 0 saturated carbocycles. The Bertz CT molecular complexity index is 1190. The van der Waals surface area contributed by atoms with Crippen LogP contribution in [0.5, 0.6) is 0 Å². The third-order valence-corrected chi connectivity index (χ3v) is 8.25. The number of benzene rings is 2. The number of amides is 1. The normalized spacial score (nSPS) is 20.5. The van der Waals surface area contributed by atoms with Crippen molar-refractivity contribution < 1.29 is 13.2 Å². The van der Waals surface area contributed by atoms with Gasteiger partial charge in [-0.05, 0) is 37.1 Å². The number of rotatable bonds is 6. The molecule has 1 atom stereocenters. The molecular weight excluding hydrogens is 442 g/mol. The number of carbonyl (C=O) groups is 1. The minimum absolute atomic E-state index is 0.0125. The van der Waals surface area contributed by atoms with Crippen LogP contribution in [0.3, 0.4) is 0 Å². The van der Waals surface area contributed by atoms with Gasteiger partial charge in [0.1, 0.15) is 0 Å². The van der Waals surface area contributed by atoms with Gasteiger partial charge in [-0.2, -0.15) is 0 Å². The SMILES string of the molecule is CC1(NC(=O)CSc2nc3cc(Cl)ccc3n2Cc2ccccc2)CCS(=O)(=O)C1. The number of hydrogen-bond donors (Lipinski definition) is 1. The first-order chi connectivity index (χ1) is 14.2. The van der Waals surface area contributed by atoms with E-state index in [1.54, 1.807) is 6.92 Å². The maximum absolute atomic E-state index is 12.5. The third kappa shape index (κ3) is 4.82. The van der Waals surface area contributed by atoms with E-state index in [-0.39, 0.29) is 23.2 Å². The lowest BCUT2D eigenvalue weighted by molar-refractivity contribution is -0.120. The Hall–Kier alpha value is -2.03. The molecular formula is C21H22ClN3O3S2. The second-order valence-corrected chi connectivity index (χ2v) is 11.4. The molecule has 0 bridgehead atoms. The van der Waals surface area contributed by atoms with Crippen LogP contribution < -0.4 is 5.32 Å². The van der Waals surface area contributed by atoms with E-state index in [9.17, 15) is 13.2 Å². The van der Waals surface area contributed by atoms with Gasteiger partial charge in [0, 0.05) is 5.02 Å². The topological polar surface area (TPSA) is 81.1 Å². The van der Waals surface area contributed by atoms with Crippen LogP contribution in [0, 0.1) is 0 Å². The molecule has 2 heterocycles. The Kier molecular flexibility index (Phi) is 5.83. The van der Waals surface area contributed by atoms with E-state index < -0.39 is 15.4 Å². The first-order valence-corrected chi connectivity index (χ1v) is 12.8. The lowest BCUT2D eigenvalue weighted by Crippen LogP contribution is -2.47. The molecule has 1 N–H and O–H groups in total. The third-order valence-electron chi connectivity index (χ3n) is 5.14. The largest absolute Gasteiger partial charge is 0.349 e. The molecule has 4 rings (SSSR count). The van der Waals surface area contributed by atoms with Crippen LogP contribution in [0.15, 0.2) is 53.7 Å². The van der Waals surface area contributed by atoms with E-state index in [2.05, 4.69) is 14.9 Å². The van der Waals surface area contributed by atoms with Crippen LogP contribution in [0.2, 0.25) is 5.02 Å². The number of carbonyl (C=O) groups excluding carboxylic acids is 1. The number of halogens is 1. The van der Waals surface area contributed by atoms with E-state index in [1.807, 2.05) is 48.5 Å². The Morgan fingerprint density at radius 3 is 2.73 bits per heavy atom. The predicted octanol–water partition coefficient (Wildman–Crippen LogP) is 3.52. The van der Waals surface area contributed by atoms with Gasteiger partial charge in [-0.1, -0.05) is 53.7 Å². The maximum Gasteiger partial charge on any atom is 0.230 e. The zero-order valence-corrected chi connectivity index (χ0v) is 18.9. The molecule has 30 heavy (non-hydrogen) atoms. The molecule has 1 aliphatic rings. The van der Waals surface area contributed by atoms with Gasteiger partial charge in [0.25, 0.3) is 0 Å². The summed E-state index contributed by atoms with van der Waals surface area (Å²) < 4.78 is 25.6. The number of nitrogens with zero attached hydrogens (tertiary/aromatic N) is 2. The lowest BCUT2D eigenvalue weighted by atomic mass is 10.0. The van der Waals surface area contributed by atoms with Crippen LogP contribution in [0.4, 0.5) is 0 Å². The summed E-state index contributed by atoms with van der Waals surface area (Å²) in [4.78, 5) is 17.2. The van der Waals surface area contributed by atoms with Crippen LogP contribution in [0.25, 0.3) is 11.0 Å². The predicted molar refractivity (Wildman–Crippen MR) is 121 cm³/mol. The average Bonchev–Trinajstić information content (AvgIpc) is 3.16. The van der Waals surface area contributed by atoms with Crippen molar-refractivity contribution in [2.75, 3.05) is 17.3 Å². The second kappa shape index (κ2) is 8.24. The highest BCUT2D eigenvalue weighted by Gasteiger charge is 2.39. The van der Waals surface area contributed by atoms with Gasteiger partial charge in [-0.25, -0.2) is 13.4 Å². The molecule has 2 aromatic carbocycles. The molecule has 9 heteroatoms. The number of sulfone groups is 1. The summed E-state index contributed by atoms with van der Waals surface area (Å²) in [5.74, 6) is 0.0592. The Balaban J connectivity index is 1.53. The molecule has 1 aliphatic heterocycles. The number of hydrogen-bond acceptors (Lipinski definition) is 5. The van der Waals surface area contributed by atoms with Crippen molar-refractivity contribution in [1.82, 2.24) is 14.9 Å². The maximum atomic E-state index is 12.5. The summed E-state index contributed by atoms with van der Waals surface area (Å²) in [6.07, 6.45) is 0.441. The summed E-state index contributed by atoms with van der Waals surface area (Å²) in [5, 5.41) is 4.22. The van der Waals surface area contributed by atoms with E-state index >= 15 is 0 Å². The van der Waals surface area contributed by atoms with Gasteiger partial charge in [-0.15, -0.1) is 0 Å². The van der Waals surface area contributed by atoms with Crippen molar-refractivity contribution in [3.8, 4) is 0 Å². The van der Waals surface area contributed by atoms with Crippen LogP contribution in [-0.4, -0.2) is 46.7 Å². The van der Waals surface area contributed by atoms with Gasteiger partial charge in [-0.3, -0.25) is 4.79 Å². The molecule has 1 fully saturated rings. The monoisotopic (exact) mass is 463 g/mol. The first kappa shape index (κ1) is 21.2. The molecule has 0 spiro atoms. The number of aromatic nitrogens is 2. The Labute approximate surface area is 184 Å². The fraction of sp³-hybridized carbons (Fsp3) is 0.333. The fourth-order valence-corrected chi connectivity index (χ4v) is 6.80. The summed E-state index contributed by atoms with van der Waals surface area (Å²) >= 11 is 7.47. The lowest BCUT2D eigenvalue weighted by Gasteiger charge is -2.23. The molecule has 1 aromatic heterocycles. The van der Waals surface area contributed by atoms with E-state index in [1.165, 1.54) is 11.8 Å². The molecule has 1 unspecified atom stereocenters. The number of thioether (sulfide) groups is 1. The number of imidazole rings is 1. The number of nitrogens with one attached hydrogen (secondary N) is 1. The van der Waals surface area contributed by atoms with Gasteiger partial charge < -0.3 is 9.88 Å². The van der Waals surface area contributed by atoms with Crippen molar-refractivity contribution in [3.05, 3.63) is 59.1 Å². The highest BCUT2D eigenvalue weighted by Crippen LogP contribution is 2.28. The summed E-state index contributed by atoms with van der Waals surface area (Å²) in [6.45, 7) is 2.41. The van der Waals surface area contributed by atoms with Crippen molar-refractivity contribution in [3.63, 3.8) is 0 Å². The van der Waals surface area contributed by atoms with Crippen LogP contribution in [0.1, 0.15) is 18.9 Å². The minimum atomic E-state index is -3.08. The van der Waals surface area contributed by atoms with Crippen molar-refractivity contribution in [2.45, 2.75) is 30.6 Å². The van der Waals surface area contributed by atoms with Gasteiger partial charge >= 0.3 is 0 Å². The van der Waals surface area contributed by atoms with E-state index in [4.69, 9.17) is 11.6 Å². The van der Waals surface area contributed by atoms with Crippen molar-refractivity contribution >= 4 is 50.1 Å². The highest BCUT2D eigenvalue weighted by molar-refractivity contribution is 7.99. The molecule has 3 aromatic rings. The molecule has 1 amide bonds. The highest BCUT2D eigenvalue weighted by atomic mass is 35.5. The molecule has 1 saturated heterocycles. The smallest absolute Gasteiger partial charge is 0.230 e. The number of fused-ring (bicyclic) bond motifs is 1.